The first-order valence-electron chi connectivity index (χ1n) is 8.44. The van der Waals surface area contributed by atoms with Crippen LogP contribution in [0.3, 0.4) is 0 Å². The lowest BCUT2D eigenvalue weighted by Gasteiger charge is -2.33. The fourth-order valence-electron chi connectivity index (χ4n) is 1.95. The number of esters is 1. The minimum absolute atomic E-state index is 0.919. The molecule has 0 spiro atoms. The topological polar surface area (TPSA) is 119 Å². The molecule has 0 aromatic rings. The Labute approximate surface area is 176 Å². The molecule has 1 unspecified atom stereocenters. The minimum atomic E-state index is -6.51. The van der Waals surface area contributed by atoms with Crippen LogP contribution in [0.25, 0.3) is 0 Å². The smallest absolute Gasteiger partial charge is 0.410 e. The Bertz CT molecular complexity index is 813. The number of hydrogen-bond donors (Lipinski definition) is 2. The predicted octanol–water partition coefficient (Wildman–Crippen LogP) is 3.10. The van der Waals surface area contributed by atoms with Crippen molar-refractivity contribution in [1.29, 1.82) is 0 Å². The zero-order chi connectivity index (χ0) is 25.8. The summed E-state index contributed by atoms with van der Waals surface area (Å²) >= 11 is 0. The number of amides is 1. The first kappa shape index (κ1) is 30.0. The van der Waals surface area contributed by atoms with Crippen molar-refractivity contribution in [3.8, 4) is 0 Å². The van der Waals surface area contributed by atoms with E-state index in [1.165, 1.54) is 13.8 Å². The molecule has 0 saturated heterocycles. The van der Waals surface area contributed by atoms with Gasteiger partial charge in [0.05, 0.1) is 6.61 Å². The Balaban J connectivity index is 5.54. The van der Waals surface area contributed by atoms with Crippen molar-refractivity contribution in [2.75, 3.05) is 6.61 Å². The highest BCUT2D eigenvalue weighted by molar-refractivity contribution is 7.87. The summed E-state index contributed by atoms with van der Waals surface area (Å²) in [6.45, 7) is 3.49. The molecule has 0 fully saturated rings. The van der Waals surface area contributed by atoms with Gasteiger partial charge in [-0.1, -0.05) is 6.58 Å². The Morgan fingerprint density at radius 3 is 1.94 bits per heavy atom. The summed E-state index contributed by atoms with van der Waals surface area (Å²) in [7, 11) is -6.51. The molecule has 1 amide bonds. The lowest BCUT2D eigenvalue weighted by molar-refractivity contribution is -0.347. The second-order valence-corrected chi connectivity index (χ2v) is 8.00. The molecule has 32 heavy (non-hydrogen) atoms. The number of unbranched alkanes of at least 4 members (excludes halogenated alkanes) is 1. The predicted molar refractivity (Wildman–Crippen MR) is 89.7 cm³/mol. The molecular weight excluding hydrogens is 490 g/mol. The standard InChI is InChI=1S/C15H19F8NO7S/c1-8(2)24-11(26)13(14(19,20)21,31-10(25)9(3)16)30-7-5-4-6-12(17,18)15(22,23)32(27,28)29/h8H,3-7H2,1-2H3,(H,24,26)(H,27,28,29). The van der Waals surface area contributed by atoms with Gasteiger partial charge in [0.2, 0.25) is 5.83 Å². The maximum Gasteiger partial charge on any atom is 0.466 e. The van der Waals surface area contributed by atoms with Gasteiger partial charge in [-0.05, 0) is 26.7 Å². The molecule has 17 heteroatoms. The molecule has 0 heterocycles. The zero-order valence-corrected chi connectivity index (χ0v) is 17.3. The summed E-state index contributed by atoms with van der Waals surface area (Å²) in [6, 6.07) is -0.971. The first-order valence-corrected chi connectivity index (χ1v) is 9.88. The number of hydrogen-bond acceptors (Lipinski definition) is 6. The van der Waals surface area contributed by atoms with Crippen molar-refractivity contribution in [2.24, 2.45) is 0 Å². The number of alkyl halides is 7. The summed E-state index contributed by atoms with van der Waals surface area (Å²) in [6.07, 6.45) is -9.76. The fraction of sp³-hybridized carbons (Fsp3) is 0.733. The van der Waals surface area contributed by atoms with Gasteiger partial charge in [0.1, 0.15) is 0 Å². The van der Waals surface area contributed by atoms with Gasteiger partial charge < -0.3 is 14.8 Å². The molecule has 0 bridgehead atoms. The third kappa shape index (κ3) is 6.99. The van der Waals surface area contributed by atoms with Gasteiger partial charge in [0, 0.05) is 12.5 Å². The summed E-state index contributed by atoms with van der Waals surface area (Å²) in [5.74, 6) is -16.2. The van der Waals surface area contributed by atoms with Gasteiger partial charge >= 0.3 is 45.1 Å². The molecule has 0 radical (unpaired) electrons. The van der Waals surface area contributed by atoms with Gasteiger partial charge in [-0.15, -0.1) is 0 Å². The molecule has 0 aliphatic heterocycles. The second-order valence-electron chi connectivity index (χ2n) is 6.54. The highest BCUT2D eigenvalue weighted by atomic mass is 32.2. The van der Waals surface area contributed by atoms with E-state index < -0.39 is 82.9 Å². The maximum absolute atomic E-state index is 13.6. The normalized spacial score (nSPS) is 15.2. The van der Waals surface area contributed by atoms with Gasteiger partial charge in [0.25, 0.3) is 0 Å². The quantitative estimate of drug-likeness (QED) is 0.104. The van der Waals surface area contributed by atoms with Gasteiger partial charge in [0.15, 0.2) is 0 Å². The van der Waals surface area contributed by atoms with E-state index in [9.17, 15) is 53.1 Å². The van der Waals surface area contributed by atoms with Crippen molar-refractivity contribution in [3.63, 3.8) is 0 Å². The van der Waals surface area contributed by atoms with Gasteiger partial charge in [-0.2, -0.15) is 43.5 Å². The van der Waals surface area contributed by atoms with Crippen molar-refractivity contribution in [2.45, 2.75) is 62.3 Å². The number of rotatable bonds is 12. The van der Waals surface area contributed by atoms with E-state index in [1.54, 1.807) is 5.32 Å². The molecule has 0 aliphatic rings. The SMILES string of the molecule is C=C(F)C(=O)OC(OCCCCC(F)(F)C(F)(F)S(=O)(=O)O)(C(=O)NC(C)C)C(F)(F)F. The van der Waals surface area contributed by atoms with Crippen molar-refractivity contribution in [3.05, 3.63) is 12.4 Å². The number of carbonyl (C=O) groups is 2. The van der Waals surface area contributed by atoms with Crippen LogP contribution >= 0.6 is 0 Å². The van der Waals surface area contributed by atoms with E-state index in [-0.39, 0.29) is 0 Å². The Kier molecular flexibility index (Phi) is 9.64. The van der Waals surface area contributed by atoms with E-state index in [2.05, 4.69) is 16.1 Å². The number of ether oxygens (including phenoxy) is 2. The first-order chi connectivity index (χ1) is 14.1. The van der Waals surface area contributed by atoms with E-state index in [0.29, 0.717) is 0 Å². The van der Waals surface area contributed by atoms with Crippen LogP contribution in [0.5, 0.6) is 0 Å². The molecule has 188 valence electrons. The molecule has 0 saturated carbocycles. The van der Waals surface area contributed by atoms with Crippen molar-refractivity contribution in [1.82, 2.24) is 5.32 Å². The van der Waals surface area contributed by atoms with Crippen LogP contribution in [0.2, 0.25) is 0 Å². The lowest BCUT2D eigenvalue weighted by Crippen LogP contribution is -2.62. The average Bonchev–Trinajstić information content (AvgIpc) is 2.56. The van der Waals surface area contributed by atoms with Crippen LogP contribution in [0.15, 0.2) is 12.4 Å². The van der Waals surface area contributed by atoms with Gasteiger partial charge in [-0.3, -0.25) is 9.35 Å². The number of halogens is 8. The van der Waals surface area contributed by atoms with E-state index >= 15 is 0 Å². The molecule has 8 nitrogen and oxygen atoms in total. The monoisotopic (exact) mass is 509 g/mol. The summed E-state index contributed by atoms with van der Waals surface area (Å²) in [5.41, 5.74) is 0. The van der Waals surface area contributed by atoms with E-state index in [4.69, 9.17) is 4.55 Å². The van der Waals surface area contributed by atoms with E-state index in [1.807, 2.05) is 0 Å². The van der Waals surface area contributed by atoms with E-state index in [0.717, 1.165) is 0 Å². The third-order valence-corrected chi connectivity index (χ3v) is 4.44. The number of nitrogens with one attached hydrogen (secondary N) is 1. The van der Waals surface area contributed by atoms with Crippen molar-refractivity contribution >= 4 is 22.0 Å². The summed E-state index contributed by atoms with van der Waals surface area (Å²) < 4.78 is 144. The second kappa shape index (κ2) is 10.3. The lowest BCUT2D eigenvalue weighted by atomic mass is 10.1. The average molecular weight is 509 g/mol. The van der Waals surface area contributed by atoms with Gasteiger partial charge in [-0.25, -0.2) is 4.79 Å². The zero-order valence-electron chi connectivity index (χ0n) is 16.4. The maximum atomic E-state index is 13.6. The summed E-state index contributed by atoms with van der Waals surface area (Å²) in [4.78, 5) is 23.3. The summed E-state index contributed by atoms with van der Waals surface area (Å²) in [5, 5.41) is -4.17. The van der Waals surface area contributed by atoms with Crippen LogP contribution in [0.1, 0.15) is 33.1 Å². The third-order valence-electron chi connectivity index (χ3n) is 3.49. The number of carbonyl (C=O) groups excluding carboxylic acids is 2. The highest BCUT2D eigenvalue weighted by Crippen LogP contribution is 2.42. The Morgan fingerprint density at radius 1 is 1.06 bits per heavy atom. The van der Waals surface area contributed by atoms with Crippen molar-refractivity contribution < 1.29 is 67.2 Å². The Morgan fingerprint density at radius 2 is 1.56 bits per heavy atom. The molecule has 0 rings (SSSR count). The molecule has 0 aliphatic carbocycles. The van der Waals surface area contributed by atoms with Crippen LogP contribution in [0.4, 0.5) is 35.1 Å². The van der Waals surface area contributed by atoms with Crippen LogP contribution in [-0.2, 0) is 29.2 Å². The fourth-order valence-corrected chi connectivity index (χ4v) is 2.43. The molecule has 2 N–H and O–H groups in total. The molecule has 0 aromatic heterocycles. The van der Waals surface area contributed by atoms with Crippen LogP contribution < -0.4 is 5.32 Å². The highest BCUT2D eigenvalue weighted by Gasteiger charge is 2.67. The van der Waals surface area contributed by atoms with Crippen LogP contribution in [-0.4, -0.2) is 60.6 Å². The largest absolute Gasteiger partial charge is 0.466 e. The minimum Gasteiger partial charge on any atom is -0.410 e. The molecular formula is C15H19F8NO7S. The molecule has 1 atom stereocenters. The Hall–Kier alpha value is -2.01. The molecule has 0 aromatic carbocycles. The van der Waals surface area contributed by atoms with Crippen LogP contribution in [0, 0.1) is 0 Å².